The van der Waals surface area contributed by atoms with Crippen LogP contribution >= 0.6 is 11.8 Å². The summed E-state index contributed by atoms with van der Waals surface area (Å²) in [5, 5.41) is 7.91. The Balaban J connectivity index is 1.72. The van der Waals surface area contributed by atoms with E-state index in [0.717, 1.165) is 4.90 Å². The first-order chi connectivity index (χ1) is 10.1. The van der Waals surface area contributed by atoms with Crippen LogP contribution < -0.4 is 5.73 Å². The standard InChI is InChI=1S/C13H12FN5OS/c1-19-12(15)10(6-16-19)13-17-11(18-20-13)7-21-9-4-2-3-8(14)5-9/h2-6H,7,15H2,1H3. The van der Waals surface area contributed by atoms with E-state index in [-0.39, 0.29) is 5.82 Å². The number of hydrogen-bond donors (Lipinski definition) is 1. The number of hydrogen-bond acceptors (Lipinski definition) is 6. The summed E-state index contributed by atoms with van der Waals surface area (Å²) in [6.45, 7) is 0. The number of aromatic nitrogens is 4. The maximum Gasteiger partial charge on any atom is 0.263 e. The zero-order chi connectivity index (χ0) is 14.8. The molecular formula is C13H12FN5OS. The predicted octanol–water partition coefficient (Wildman–Crippen LogP) is 2.48. The molecule has 0 bridgehead atoms. The lowest BCUT2D eigenvalue weighted by Crippen LogP contribution is -1.98. The van der Waals surface area contributed by atoms with Crippen molar-refractivity contribution in [2.75, 3.05) is 5.73 Å². The molecule has 0 amide bonds. The lowest BCUT2D eigenvalue weighted by Gasteiger charge is -1.97. The van der Waals surface area contributed by atoms with Crippen LogP contribution in [-0.4, -0.2) is 19.9 Å². The number of rotatable bonds is 4. The van der Waals surface area contributed by atoms with Crippen molar-refractivity contribution in [1.82, 2.24) is 19.9 Å². The van der Waals surface area contributed by atoms with Crippen LogP contribution in [0.3, 0.4) is 0 Å². The Labute approximate surface area is 124 Å². The predicted molar refractivity (Wildman–Crippen MR) is 76.9 cm³/mol. The van der Waals surface area contributed by atoms with Crippen molar-refractivity contribution < 1.29 is 8.91 Å². The quantitative estimate of drug-likeness (QED) is 0.746. The molecule has 2 N–H and O–H groups in total. The minimum Gasteiger partial charge on any atom is -0.383 e. The molecule has 108 valence electrons. The van der Waals surface area contributed by atoms with Crippen LogP contribution in [0, 0.1) is 5.82 Å². The number of nitrogen functional groups attached to an aromatic ring is 1. The molecule has 0 atom stereocenters. The zero-order valence-corrected chi connectivity index (χ0v) is 12.0. The average molecular weight is 305 g/mol. The molecule has 21 heavy (non-hydrogen) atoms. The van der Waals surface area contributed by atoms with Gasteiger partial charge in [0.05, 0.1) is 11.9 Å². The number of thioether (sulfide) groups is 1. The molecule has 0 spiro atoms. The average Bonchev–Trinajstić information content (AvgIpc) is 3.05. The molecule has 0 unspecified atom stereocenters. The summed E-state index contributed by atoms with van der Waals surface area (Å²) in [5.41, 5.74) is 6.46. The van der Waals surface area contributed by atoms with Gasteiger partial charge in [0, 0.05) is 11.9 Å². The first kappa shape index (κ1) is 13.6. The van der Waals surface area contributed by atoms with Gasteiger partial charge in [0.2, 0.25) is 0 Å². The van der Waals surface area contributed by atoms with Gasteiger partial charge in [-0.1, -0.05) is 11.2 Å². The van der Waals surface area contributed by atoms with Crippen molar-refractivity contribution in [2.24, 2.45) is 7.05 Å². The Morgan fingerprint density at radius 3 is 3.00 bits per heavy atom. The monoisotopic (exact) mass is 305 g/mol. The van der Waals surface area contributed by atoms with E-state index >= 15 is 0 Å². The normalized spacial score (nSPS) is 11.0. The van der Waals surface area contributed by atoms with Crippen LogP contribution in [0.15, 0.2) is 39.9 Å². The number of anilines is 1. The van der Waals surface area contributed by atoms with Gasteiger partial charge in [-0.2, -0.15) is 10.1 Å². The van der Waals surface area contributed by atoms with Crippen LogP contribution in [0.5, 0.6) is 0 Å². The molecule has 2 heterocycles. The van der Waals surface area contributed by atoms with E-state index in [2.05, 4.69) is 15.2 Å². The number of halogens is 1. The minimum absolute atomic E-state index is 0.267. The molecule has 0 saturated carbocycles. The molecule has 0 aliphatic heterocycles. The number of nitrogens with two attached hydrogens (primary N) is 1. The Hall–Kier alpha value is -2.35. The second-order valence-electron chi connectivity index (χ2n) is 4.33. The van der Waals surface area contributed by atoms with E-state index in [1.54, 1.807) is 19.3 Å². The van der Waals surface area contributed by atoms with E-state index in [4.69, 9.17) is 10.3 Å². The topological polar surface area (TPSA) is 82.8 Å². The van der Waals surface area contributed by atoms with Gasteiger partial charge in [0.15, 0.2) is 5.82 Å². The van der Waals surface area contributed by atoms with Crippen LogP contribution in [-0.2, 0) is 12.8 Å². The minimum atomic E-state index is -0.267. The van der Waals surface area contributed by atoms with Gasteiger partial charge >= 0.3 is 0 Å². The summed E-state index contributed by atoms with van der Waals surface area (Å²) in [7, 11) is 1.73. The summed E-state index contributed by atoms with van der Waals surface area (Å²) in [4.78, 5) is 5.07. The van der Waals surface area contributed by atoms with Crippen molar-refractivity contribution >= 4 is 17.6 Å². The van der Waals surface area contributed by atoms with E-state index in [1.807, 2.05) is 6.07 Å². The third-order valence-electron chi connectivity index (χ3n) is 2.85. The first-order valence-electron chi connectivity index (χ1n) is 6.12. The largest absolute Gasteiger partial charge is 0.383 e. The molecule has 0 fully saturated rings. The molecule has 0 saturated heterocycles. The van der Waals surface area contributed by atoms with Crippen LogP contribution in [0.25, 0.3) is 11.5 Å². The molecule has 8 heteroatoms. The summed E-state index contributed by atoms with van der Waals surface area (Å²) in [6, 6.07) is 6.36. The fourth-order valence-electron chi connectivity index (χ4n) is 1.74. The maximum atomic E-state index is 13.1. The second kappa shape index (κ2) is 5.57. The number of nitrogens with zero attached hydrogens (tertiary/aromatic N) is 4. The zero-order valence-electron chi connectivity index (χ0n) is 11.2. The van der Waals surface area contributed by atoms with E-state index < -0.39 is 0 Å². The lowest BCUT2D eigenvalue weighted by atomic mass is 10.3. The highest BCUT2D eigenvalue weighted by Gasteiger charge is 2.15. The third-order valence-corrected chi connectivity index (χ3v) is 3.84. The smallest absolute Gasteiger partial charge is 0.263 e. The molecule has 0 radical (unpaired) electrons. The van der Waals surface area contributed by atoms with Crippen molar-refractivity contribution in [3.8, 4) is 11.5 Å². The van der Waals surface area contributed by atoms with Crippen LogP contribution in [0.4, 0.5) is 10.2 Å². The van der Waals surface area contributed by atoms with Gasteiger partial charge in [-0.05, 0) is 18.2 Å². The van der Waals surface area contributed by atoms with Gasteiger partial charge in [0.25, 0.3) is 5.89 Å². The number of benzene rings is 1. The lowest BCUT2D eigenvalue weighted by molar-refractivity contribution is 0.425. The third kappa shape index (κ3) is 2.89. The highest BCUT2D eigenvalue weighted by atomic mass is 32.2. The van der Waals surface area contributed by atoms with Crippen molar-refractivity contribution in [2.45, 2.75) is 10.6 Å². The van der Waals surface area contributed by atoms with Crippen LogP contribution in [0.2, 0.25) is 0 Å². The van der Waals surface area contributed by atoms with Gasteiger partial charge in [-0.25, -0.2) is 4.39 Å². The Morgan fingerprint density at radius 2 is 2.29 bits per heavy atom. The Kier molecular flexibility index (Phi) is 3.61. The second-order valence-corrected chi connectivity index (χ2v) is 5.38. The maximum absolute atomic E-state index is 13.1. The van der Waals surface area contributed by atoms with Crippen molar-refractivity contribution in [3.05, 3.63) is 42.1 Å². The molecule has 2 aromatic heterocycles. The van der Waals surface area contributed by atoms with E-state index in [1.165, 1.54) is 28.6 Å². The van der Waals surface area contributed by atoms with E-state index in [9.17, 15) is 4.39 Å². The molecule has 3 rings (SSSR count). The first-order valence-corrected chi connectivity index (χ1v) is 7.11. The summed E-state index contributed by atoms with van der Waals surface area (Å²) in [5.74, 6) is 1.52. The molecule has 0 aliphatic rings. The van der Waals surface area contributed by atoms with Crippen molar-refractivity contribution in [1.29, 1.82) is 0 Å². The molecular weight excluding hydrogens is 293 g/mol. The molecule has 0 aliphatic carbocycles. The molecule has 1 aromatic carbocycles. The van der Waals surface area contributed by atoms with Gasteiger partial charge in [-0.3, -0.25) is 4.68 Å². The Morgan fingerprint density at radius 1 is 1.43 bits per heavy atom. The fourth-order valence-corrected chi connectivity index (χ4v) is 2.52. The summed E-state index contributed by atoms with van der Waals surface area (Å²) < 4.78 is 19.8. The van der Waals surface area contributed by atoms with Gasteiger partial charge in [-0.15, -0.1) is 11.8 Å². The van der Waals surface area contributed by atoms with Crippen LogP contribution in [0.1, 0.15) is 5.82 Å². The fraction of sp³-hybridized carbons (Fsp3) is 0.154. The summed E-state index contributed by atoms with van der Waals surface area (Å²) >= 11 is 1.43. The number of aryl methyl sites for hydroxylation is 1. The highest BCUT2D eigenvalue weighted by Crippen LogP contribution is 2.26. The Bertz CT molecular complexity index is 770. The molecule has 3 aromatic rings. The van der Waals surface area contributed by atoms with Gasteiger partial charge in [0.1, 0.15) is 17.2 Å². The highest BCUT2D eigenvalue weighted by molar-refractivity contribution is 7.98. The molecule has 6 nitrogen and oxygen atoms in total. The van der Waals surface area contributed by atoms with E-state index in [0.29, 0.717) is 28.8 Å². The van der Waals surface area contributed by atoms with Gasteiger partial charge < -0.3 is 10.3 Å². The van der Waals surface area contributed by atoms with Crippen molar-refractivity contribution in [3.63, 3.8) is 0 Å². The summed E-state index contributed by atoms with van der Waals surface area (Å²) in [6.07, 6.45) is 1.58. The SMILES string of the molecule is Cn1ncc(-c2nc(CSc3cccc(F)c3)no2)c1N.